The number of hydrogen-bond acceptors (Lipinski definition) is 6. The molecular weight excluding hydrogens is 349 g/mol. The van der Waals surface area contributed by atoms with Gasteiger partial charge in [-0.25, -0.2) is 9.36 Å². The standard InChI is InChI=1S/C9H10F2N2O5.H3O4P/c10-9(11)6(16)4(3-14)18-7(9)13-2-1-5(15)12-8(13)17;1-5(2,3)4/h1-2,4,6-7,14,16H,3H2,(H,12,15,17);(H3,1,2,3,4)/t4-,6-,7-;/m1./s1. The van der Waals surface area contributed by atoms with E-state index in [1.807, 2.05) is 0 Å². The Morgan fingerprint density at radius 1 is 1.35 bits per heavy atom. The van der Waals surface area contributed by atoms with Crippen LogP contribution in [0.15, 0.2) is 21.9 Å². The van der Waals surface area contributed by atoms with Crippen molar-refractivity contribution < 1.29 is 43.0 Å². The predicted molar refractivity (Wildman–Crippen MR) is 67.5 cm³/mol. The monoisotopic (exact) mass is 362 g/mol. The summed E-state index contributed by atoms with van der Waals surface area (Å²) >= 11 is 0. The summed E-state index contributed by atoms with van der Waals surface area (Å²) in [5, 5.41) is 18.1. The number of ether oxygens (including phenoxy) is 1. The Bertz CT molecular complexity index is 690. The van der Waals surface area contributed by atoms with Crippen LogP contribution in [0.3, 0.4) is 0 Å². The third-order valence-corrected chi connectivity index (χ3v) is 2.66. The van der Waals surface area contributed by atoms with E-state index in [1.54, 1.807) is 4.98 Å². The Morgan fingerprint density at radius 2 is 1.87 bits per heavy atom. The van der Waals surface area contributed by atoms with Crippen molar-refractivity contribution in [2.75, 3.05) is 6.61 Å². The largest absolute Gasteiger partial charge is 0.466 e. The second-order valence-corrected chi connectivity index (χ2v) is 5.39. The molecule has 1 aromatic heterocycles. The van der Waals surface area contributed by atoms with E-state index in [9.17, 15) is 23.5 Å². The number of rotatable bonds is 2. The van der Waals surface area contributed by atoms with Crippen molar-refractivity contribution in [3.05, 3.63) is 33.1 Å². The van der Waals surface area contributed by atoms with Gasteiger partial charge in [0.15, 0.2) is 6.10 Å². The van der Waals surface area contributed by atoms with E-state index in [4.69, 9.17) is 29.1 Å². The molecule has 1 aromatic rings. The average molecular weight is 362 g/mol. The fourth-order valence-electron chi connectivity index (χ4n) is 1.73. The number of aromatic nitrogens is 2. The normalized spacial score (nSPS) is 26.5. The number of aliphatic hydroxyl groups excluding tert-OH is 2. The summed E-state index contributed by atoms with van der Waals surface area (Å²) in [4.78, 5) is 45.5. The van der Waals surface area contributed by atoms with Gasteiger partial charge in [-0.05, 0) is 0 Å². The minimum Gasteiger partial charge on any atom is -0.394 e. The highest BCUT2D eigenvalue weighted by atomic mass is 31.2. The summed E-state index contributed by atoms with van der Waals surface area (Å²) in [5.74, 6) is -3.75. The molecular formula is C9H13F2N2O9P. The zero-order chi connectivity index (χ0) is 18.0. The average Bonchev–Trinajstić information content (AvgIpc) is 2.60. The number of phosphoric acid groups is 1. The maximum Gasteiger partial charge on any atom is 0.466 e. The summed E-state index contributed by atoms with van der Waals surface area (Å²) in [5.41, 5.74) is -1.82. The molecule has 0 aromatic carbocycles. The van der Waals surface area contributed by atoms with Gasteiger partial charge in [-0.2, -0.15) is 8.78 Å². The molecule has 2 rings (SSSR count). The lowest BCUT2D eigenvalue weighted by Crippen LogP contribution is -2.42. The molecule has 14 heteroatoms. The second-order valence-electron chi connectivity index (χ2n) is 4.36. The first-order valence-corrected chi connectivity index (χ1v) is 7.36. The predicted octanol–water partition coefficient (Wildman–Crippen LogP) is -2.51. The van der Waals surface area contributed by atoms with Crippen LogP contribution in [-0.4, -0.2) is 59.2 Å². The van der Waals surface area contributed by atoms with Gasteiger partial charge in [0.1, 0.15) is 6.10 Å². The Kier molecular flexibility index (Phi) is 5.93. The topological polar surface area (TPSA) is 182 Å². The summed E-state index contributed by atoms with van der Waals surface area (Å²) in [6.07, 6.45) is -4.96. The lowest BCUT2D eigenvalue weighted by atomic mass is 10.1. The molecule has 0 aliphatic carbocycles. The van der Waals surface area contributed by atoms with Crippen LogP contribution in [0, 0.1) is 0 Å². The van der Waals surface area contributed by atoms with Gasteiger partial charge in [0.25, 0.3) is 5.56 Å². The van der Waals surface area contributed by atoms with Gasteiger partial charge in [-0.1, -0.05) is 0 Å². The van der Waals surface area contributed by atoms with Crippen LogP contribution >= 0.6 is 7.82 Å². The van der Waals surface area contributed by atoms with Crippen molar-refractivity contribution in [3.63, 3.8) is 0 Å². The SMILES string of the molecule is O=P(O)(O)O.O=c1ccn([C@@H]2O[C@H](CO)[C@@H](O)C2(F)F)c(=O)[nH]1. The van der Waals surface area contributed by atoms with E-state index >= 15 is 0 Å². The molecule has 11 nitrogen and oxygen atoms in total. The second kappa shape index (κ2) is 6.97. The maximum atomic E-state index is 13.7. The molecule has 1 fully saturated rings. The lowest BCUT2D eigenvalue weighted by molar-refractivity contribution is -0.141. The Balaban J connectivity index is 0.000000463. The van der Waals surface area contributed by atoms with Gasteiger partial charge in [0.2, 0.25) is 6.23 Å². The number of halogens is 2. The number of nitrogens with one attached hydrogen (secondary N) is 1. The van der Waals surface area contributed by atoms with E-state index in [1.165, 1.54) is 0 Å². The Labute approximate surface area is 125 Å². The van der Waals surface area contributed by atoms with E-state index < -0.39 is 50.0 Å². The van der Waals surface area contributed by atoms with Crippen molar-refractivity contribution in [1.29, 1.82) is 0 Å². The minimum absolute atomic E-state index is 0.459. The molecule has 132 valence electrons. The molecule has 3 atom stereocenters. The van der Waals surface area contributed by atoms with Crippen LogP contribution in [0.25, 0.3) is 0 Å². The molecule has 2 heterocycles. The first kappa shape index (κ1) is 19.6. The van der Waals surface area contributed by atoms with E-state index in [0.29, 0.717) is 4.57 Å². The summed E-state index contributed by atoms with van der Waals surface area (Å²) in [7, 11) is -4.64. The summed E-state index contributed by atoms with van der Waals surface area (Å²) in [6, 6.07) is 0.874. The van der Waals surface area contributed by atoms with E-state index in [0.717, 1.165) is 12.3 Å². The van der Waals surface area contributed by atoms with Crippen molar-refractivity contribution in [2.24, 2.45) is 0 Å². The Morgan fingerprint density at radius 3 is 2.26 bits per heavy atom. The van der Waals surface area contributed by atoms with Crippen molar-refractivity contribution in [3.8, 4) is 0 Å². The van der Waals surface area contributed by atoms with Crippen molar-refractivity contribution in [2.45, 2.75) is 24.4 Å². The highest BCUT2D eigenvalue weighted by Crippen LogP contribution is 2.41. The summed E-state index contributed by atoms with van der Waals surface area (Å²) < 4.78 is 41.4. The zero-order valence-corrected chi connectivity index (χ0v) is 12.0. The van der Waals surface area contributed by atoms with Crippen molar-refractivity contribution in [1.82, 2.24) is 9.55 Å². The molecule has 0 bridgehead atoms. The van der Waals surface area contributed by atoms with Gasteiger partial charge < -0.3 is 29.6 Å². The van der Waals surface area contributed by atoms with E-state index in [2.05, 4.69) is 0 Å². The zero-order valence-electron chi connectivity index (χ0n) is 11.1. The molecule has 1 aliphatic rings. The number of aliphatic hydroxyl groups is 2. The van der Waals surface area contributed by atoms with Crippen LogP contribution in [-0.2, 0) is 9.30 Å². The number of alkyl halides is 2. The lowest BCUT2D eigenvalue weighted by Gasteiger charge is -2.20. The third-order valence-electron chi connectivity index (χ3n) is 2.66. The number of H-pyrrole nitrogens is 1. The third kappa shape index (κ3) is 5.00. The molecule has 0 spiro atoms. The Hall–Kier alpha value is -1.47. The van der Waals surface area contributed by atoms with Crippen LogP contribution in [0.1, 0.15) is 6.23 Å². The highest BCUT2D eigenvalue weighted by molar-refractivity contribution is 7.45. The smallest absolute Gasteiger partial charge is 0.394 e. The first-order valence-electron chi connectivity index (χ1n) is 5.80. The first-order chi connectivity index (χ1) is 10.4. The van der Waals surface area contributed by atoms with Gasteiger partial charge in [-0.3, -0.25) is 14.3 Å². The molecule has 1 aliphatic heterocycles. The number of hydrogen-bond donors (Lipinski definition) is 6. The number of nitrogens with zero attached hydrogens (tertiary/aromatic N) is 1. The van der Waals surface area contributed by atoms with Gasteiger partial charge in [-0.15, -0.1) is 0 Å². The molecule has 23 heavy (non-hydrogen) atoms. The molecule has 0 saturated carbocycles. The highest BCUT2D eigenvalue weighted by Gasteiger charge is 2.59. The number of aromatic amines is 1. The van der Waals surface area contributed by atoms with Gasteiger partial charge >= 0.3 is 19.4 Å². The summed E-state index contributed by atoms with van der Waals surface area (Å²) in [6.45, 7) is -0.814. The fraction of sp³-hybridized carbons (Fsp3) is 0.556. The van der Waals surface area contributed by atoms with Crippen LogP contribution in [0.2, 0.25) is 0 Å². The van der Waals surface area contributed by atoms with Gasteiger partial charge in [0.05, 0.1) is 6.61 Å². The quantitative estimate of drug-likeness (QED) is 0.310. The maximum absolute atomic E-state index is 13.7. The van der Waals surface area contributed by atoms with Crippen LogP contribution in [0.4, 0.5) is 8.78 Å². The molecule has 0 unspecified atom stereocenters. The van der Waals surface area contributed by atoms with E-state index in [-0.39, 0.29) is 0 Å². The molecule has 1 saturated heterocycles. The molecule has 6 N–H and O–H groups in total. The van der Waals surface area contributed by atoms with Gasteiger partial charge in [0, 0.05) is 12.3 Å². The van der Waals surface area contributed by atoms with Crippen LogP contribution in [0.5, 0.6) is 0 Å². The fourth-order valence-corrected chi connectivity index (χ4v) is 1.73. The minimum atomic E-state index is -4.64. The van der Waals surface area contributed by atoms with Crippen molar-refractivity contribution >= 4 is 7.82 Å². The molecule has 0 radical (unpaired) electrons. The van der Waals surface area contributed by atoms with Crippen LogP contribution < -0.4 is 11.2 Å². The molecule has 0 amide bonds.